The Labute approximate surface area is 142 Å². The minimum absolute atomic E-state index is 0.0585. The van der Waals surface area contributed by atoms with Gasteiger partial charge in [-0.2, -0.15) is 5.10 Å². The van der Waals surface area contributed by atoms with Crippen molar-refractivity contribution in [3.05, 3.63) is 23.5 Å². The topological polar surface area (TPSA) is 60.2 Å². The number of pyridine rings is 1. The highest BCUT2D eigenvalue weighted by molar-refractivity contribution is 6.05. The van der Waals surface area contributed by atoms with Gasteiger partial charge in [-0.1, -0.05) is 0 Å². The number of amides is 1. The summed E-state index contributed by atoms with van der Waals surface area (Å²) in [5, 5.41) is 5.26. The van der Waals surface area contributed by atoms with Gasteiger partial charge in [-0.25, -0.2) is 9.67 Å². The number of aryl methyl sites for hydroxylation is 1. The maximum Gasteiger partial charge on any atom is 0.254 e. The van der Waals surface area contributed by atoms with E-state index in [0.29, 0.717) is 18.0 Å². The van der Waals surface area contributed by atoms with Crippen LogP contribution < -0.4 is 0 Å². The minimum Gasteiger partial charge on any atom is -0.381 e. The lowest BCUT2D eigenvalue weighted by molar-refractivity contribution is 0.0732. The molecule has 24 heavy (non-hydrogen) atoms. The van der Waals surface area contributed by atoms with Crippen LogP contribution in [0.2, 0.25) is 0 Å². The van der Waals surface area contributed by atoms with E-state index >= 15 is 0 Å². The van der Waals surface area contributed by atoms with Gasteiger partial charge in [-0.3, -0.25) is 4.79 Å². The molecule has 0 unspecified atom stereocenters. The summed E-state index contributed by atoms with van der Waals surface area (Å²) in [7, 11) is 0. The highest BCUT2D eigenvalue weighted by Gasteiger charge is 2.25. The van der Waals surface area contributed by atoms with Crippen LogP contribution in [0.1, 0.15) is 49.3 Å². The van der Waals surface area contributed by atoms with E-state index in [-0.39, 0.29) is 11.9 Å². The number of rotatable bonds is 5. The molecule has 0 saturated carbocycles. The molecule has 0 aromatic carbocycles. The smallest absolute Gasteiger partial charge is 0.254 e. The van der Waals surface area contributed by atoms with Crippen molar-refractivity contribution in [3.63, 3.8) is 0 Å². The summed E-state index contributed by atoms with van der Waals surface area (Å²) in [5.74, 6) is 0.494. The number of nitrogens with zero attached hydrogens (tertiary/aromatic N) is 4. The van der Waals surface area contributed by atoms with Crippen LogP contribution >= 0.6 is 0 Å². The summed E-state index contributed by atoms with van der Waals surface area (Å²) in [4.78, 5) is 19.6. The third-order valence-electron chi connectivity index (χ3n) is 4.59. The molecule has 3 heterocycles. The standard InChI is InChI=1S/C18H26N4O2/c1-5-21(10-14-6-7-24-11-14)18(23)15-8-13(4)20-17-16(15)9-19-22(17)12(2)3/h8-9,12,14H,5-7,10-11H2,1-4H3/t14-/m0/s1. The van der Waals surface area contributed by atoms with Crippen molar-refractivity contribution in [2.45, 2.75) is 40.2 Å². The monoisotopic (exact) mass is 330 g/mol. The molecule has 1 amide bonds. The Hall–Kier alpha value is -1.95. The van der Waals surface area contributed by atoms with E-state index in [0.717, 1.165) is 42.9 Å². The highest BCUT2D eigenvalue weighted by Crippen LogP contribution is 2.23. The quantitative estimate of drug-likeness (QED) is 0.846. The van der Waals surface area contributed by atoms with Crippen LogP contribution in [-0.4, -0.2) is 51.9 Å². The van der Waals surface area contributed by atoms with Crippen molar-refractivity contribution >= 4 is 16.9 Å². The van der Waals surface area contributed by atoms with Crippen molar-refractivity contribution in [1.29, 1.82) is 0 Å². The lowest BCUT2D eigenvalue weighted by Gasteiger charge is -2.24. The fourth-order valence-electron chi connectivity index (χ4n) is 3.26. The summed E-state index contributed by atoms with van der Waals surface area (Å²) in [6.07, 6.45) is 2.79. The van der Waals surface area contributed by atoms with Crippen molar-refractivity contribution in [1.82, 2.24) is 19.7 Å². The molecule has 0 N–H and O–H groups in total. The van der Waals surface area contributed by atoms with Crippen LogP contribution in [0.25, 0.3) is 11.0 Å². The summed E-state index contributed by atoms with van der Waals surface area (Å²) in [5.41, 5.74) is 2.33. The Kier molecular flexibility index (Phi) is 4.85. The molecular formula is C18H26N4O2. The average molecular weight is 330 g/mol. The zero-order valence-corrected chi connectivity index (χ0v) is 15.0. The SMILES string of the molecule is CCN(C[C@@H]1CCOC1)C(=O)c1cc(C)nc2c1cnn2C(C)C. The predicted molar refractivity (Wildman–Crippen MR) is 93.2 cm³/mol. The number of carbonyl (C=O) groups is 1. The molecule has 130 valence electrons. The van der Waals surface area contributed by atoms with Crippen LogP contribution in [0, 0.1) is 12.8 Å². The molecular weight excluding hydrogens is 304 g/mol. The van der Waals surface area contributed by atoms with Crippen LogP contribution in [0.4, 0.5) is 0 Å². The Morgan fingerprint density at radius 2 is 2.29 bits per heavy atom. The summed E-state index contributed by atoms with van der Waals surface area (Å²) >= 11 is 0. The Morgan fingerprint density at radius 3 is 2.92 bits per heavy atom. The van der Waals surface area contributed by atoms with E-state index in [1.54, 1.807) is 6.20 Å². The Bertz CT molecular complexity index is 732. The first-order valence-electron chi connectivity index (χ1n) is 8.73. The largest absolute Gasteiger partial charge is 0.381 e. The van der Waals surface area contributed by atoms with Crippen molar-refractivity contribution in [2.24, 2.45) is 5.92 Å². The molecule has 1 fully saturated rings. The maximum absolute atomic E-state index is 13.1. The molecule has 1 atom stereocenters. The van der Waals surface area contributed by atoms with Crippen LogP contribution in [0.15, 0.2) is 12.3 Å². The lowest BCUT2D eigenvalue weighted by Crippen LogP contribution is -2.35. The molecule has 2 aromatic heterocycles. The molecule has 1 aliphatic rings. The predicted octanol–water partition coefficient (Wildman–Crippen LogP) is 2.82. The Balaban J connectivity index is 1.96. The van der Waals surface area contributed by atoms with Gasteiger partial charge >= 0.3 is 0 Å². The third-order valence-corrected chi connectivity index (χ3v) is 4.59. The zero-order chi connectivity index (χ0) is 17.3. The van der Waals surface area contributed by atoms with E-state index in [1.807, 2.05) is 29.5 Å². The van der Waals surface area contributed by atoms with Gasteiger partial charge in [0.05, 0.1) is 23.8 Å². The first-order chi connectivity index (χ1) is 11.5. The number of hydrogen-bond donors (Lipinski definition) is 0. The number of aromatic nitrogens is 3. The van der Waals surface area contributed by atoms with Crippen LogP contribution in [0.3, 0.4) is 0 Å². The van der Waals surface area contributed by atoms with Crippen molar-refractivity contribution < 1.29 is 9.53 Å². The van der Waals surface area contributed by atoms with Crippen LogP contribution in [0.5, 0.6) is 0 Å². The molecule has 0 aliphatic carbocycles. The molecule has 1 saturated heterocycles. The average Bonchev–Trinajstić information content (AvgIpc) is 3.20. The minimum atomic E-state index is 0.0585. The van der Waals surface area contributed by atoms with E-state index in [2.05, 4.69) is 23.9 Å². The second-order valence-corrected chi connectivity index (χ2v) is 6.80. The third kappa shape index (κ3) is 3.15. The molecule has 0 radical (unpaired) electrons. The van der Waals surface area contributed by atoms with Gasteiger partial charge in [0.2, 0.25) is 0 Å². The number of hydrogen-bond acceptors (Lipinski definition) is 4. The Morgan fingerprint density at radius 1 is 1.50 bits per heavy atom. The number of carbonyl (C=O) groups excluding carboxylic acids is 1. The number of ether oxygens (including phenoxy) is 1. The molecule has 3 rings (SSSR count). The lowest BCUT2D eigenvalue weighted by atomic mass is 10.1. The number of fused-ring (bicyclic) bond motifs is 1. The fourth-order valence-corrected chi connectivity index (χ4v) is 3.26. The van der Waals surface area contributed by atoms with E-state index < -0.39 is 0 Å². The summed E-state index contributed by atoms with van der Waals surface area (Å²) in [6, 6.07) is 2.09. The van der Waals surface area contributed by atoms with E-state index in [9.17, 15) is 4.79 Å². The van der Waals surface area contributed by atoms with Crippen molar-refractivity contribution in [3.8, 4) is 0 Å². The second kappa shape index (κ2) is 6.89. The van der Waals surface area contributed by atoms with Gasteiger partial charge in [0.1, 0.15) is 0 Å². The van der Waals surface area contributed by atoms with Gasteiger partial charge in [-0.15, -0.1) is 0 Å². The summed E-state index contributed by atoms with van der Waals surface area (Å²) < 4.78 is 7.32. The molecule has 1 aliphatic heterocycles. The first-order valence-corrected chi connectivity index (χ1v) is 8.73. The second-order valence-electron chi connectivity index (χ2n) is 6.80. The van der Waals surface area contributed by atoms with Gasteiger partial charge < -0.3 is 9.64 Å². The van der Waals surface area contributed by atoms with Gasteiger partial charge in [0.25, 0.3) is 5.91 Å². The molecule has 2 aromatic rings. The van der Waals surface area contributed by atoms with Gasteiger partial charge in [0.15, 0.2) is 5.65 Å². The normalized spacial score (nSPS) is 17.8. The molecule has 6 nitrogen and oxygen atoms in total. The highest BCUT2D eigenvalue weighted by atomic mass is 16.5. The molecule has 0 bridgehead atoms. The van der Waals surface area contributed by atoms with Gasteiger partial charge in [0, 0.05) is 37.4 Å². The zero-order valence-electron chi connectivity index (χ0n) is 15.0. The van der Waals surface area contributed by atoms with E-state index in [4.69, 9.17) is 4.74 Å². The maximum atomic E-state index is 13.1. The van der Waals surface area contributed by atoms with E-state index in [1.165, 1.54) is 0 Å². The molecule has 0 spiro atoms. The fraction of sp³-hybridized carbons (Fsp3) is 0.611. The first kappa shape index (κ1) is 16.9. The molecule has 6 heteroatoms. The van der Waals surface area contributed by atoms with Gasteiger partial charge in [-0.05, 0) is 40.2 Å². The summed E-state index contributed by atoms with van der Waals surface area (Å²) in [6.45, 7) is 11.1. The van der Waals surface area contributed by atoms with Crippen LogP contribution in [-0.2, 0) is 4.74 Å². The van der Waals surface area contributed by atoms with Crippen molar-refractivity contribution in [2.75, 3.05) is 26.3 Å².